The van der Waals surface area contributed by atoms with Crippen LogP contribution in [0.1, 0.15) is 57.6 Å². The molecule has 132 valence electrons. The van der Waals surface area contributed by atoms with Crippen molar-refractivity contribution in [3.8, 4) is 0 Å². The zero-order valence-corrected chi connectivity index (χ0v) is 15.5. The van der Waals surface area contributed by atoms with Crippen molar-refractivity contribution < 1.29 is 9.53 Å². The van der Waals surface area contributed by atoms with E-state index in [9.17, 15) is 4.79 Å². The Morgan fingerprint density at radius 1 is 1.12 bits per heavy atom. The van der Waals surface area contributed by atoms with Gasteiger partial charge in [0, 0.05) is 6.08 Å². The van der Waals surface area contributed by atoms with Crippen molar-refractivity contribution in [1.29, 1.82) is 0 Å². The van der Waals surface area contributed by atoms with Crippen molar-refractivity contribution in [2.45, 2.75) is 58.5 Å². The van der Waals surface area contributed by atoms with Gasteiger partial charge in [0.25, 0.3) is 0 Å². The molecule has 2 aromatic rings. The summed E-state index contributed by atoms with van der Waals surface area (Å²) in [7, 11) is 0. The lowest BCUT2D eigenvalue weighted by Crippen LogP contribution is -2.22. The molecule has 0 amide bonds. The number of fused-ring (bicyclic) bond motifs is 1. The van der Waals surface area contributed by atoms with E-state index < -0.39 is 5.60 Å². The number of ether oxygens (including phenoxy) is 1. The molecule has 0 aliphatic heterocycles. The smallest absolute Gasteiger partial charge is 0.331 e. The van der Waals surface area contributed by atoms with Crippen molar-refractivity contribution >= 4 is 22.8 Å². The van der Waals surface area contributed by atoms with Crippen molar-refractivity contribution in [2.75, 3.05) is 0 Å². The fourth-order valence-corrected chi connectivity index (χ4v) is 3.73. The van der Waals surface area contributed by atoms with Crippen LogP contribution in [0.5, 0.6) is 0 Å². The number of carbonyl (C=O) groups is 1. The van der Waals surface area contributed by atoms with Gasteiger partial charge in [0.1, 0.15) is 5.60 Å². The third-order valence-electron chi connectivity index (χ3n) is 4.84. The van der Waals surface area contributed by atoms with Crippen LogP contribution in [0.3, 0.4) is 0 Å². The normalized spacial score (nSPS) is 16.0. The van der Waals surface area contributed by atoms with E-state index in [1.807, 2.05) is 26.8 Å². The summed E-state index contributed by atoms with van der Waals surface area (Å²) in [6, 6.07) is 12.8. The summed E-state index contributed by atoms with van der Waals surface area (Å²) in [5.41, 5.74) is 2.04. The molecule has 1 aliphatic rings. The number of benzene rings is 2. The van der Waals surface area contributed by atoms with E-state index in [4.69, 9.17) is 4.74 Å². The minimum Gasteiger partial charge on any atom is -0.457 e. The molecule has 0 heterocycles. The lowest BCUT2D eigenvalue weighted by Gasteiger charge is -2.18. The summed E-state index contributed by atoms with van der Waals surface area (Å²) in [6.07, 6.45) is 9.96. The average molecular weight is 336 g/mol. The maximum atomic E-state index is 12.1. The molecule has 1 fully saturated rings. The predicted molar refractivity (Wildman–Crippen MR) is 104 cm³/mol. The van der Waals surface area contributed by atoms with E-state index in [-0.39, 0.29) is 5.97 Å². The van der Waals surface area contributed by atoms with Crippen molar-refractivity contribution in [3.63, 3.8) is 0 Å². The minimum atomic E-state index is -0.465. The molecule has 0 spiro atoms. The average Bonchev–Trinajstić information content (AvgIpc) is 3.05. The summed E-state index contributed by atoms with van der Waals surface area (Å²) in [6.45, 7) is 5.67. The Morgan fingerprint density at radius 3 is 2.56 bits per heavy atom. The van der Waals surface area contributed by atoms with Gasteiger partial charge in [-0.2, -0.15) is 0 Å². The molecule has 0 unspecified atom stereocenters. The maximum Gasteiger partial charge on any atom is 0.331 e. The molecule has 0 aromatic heterocycles. The second kappa shape index (κ2) is 7.43. The summed E-state index contributed by atoms with van der Waals surface area (Å²) in [5.74, 6) is 0.488. The zero-order chi connectivity index (χ0) is 17.9. The lowest BCUT2D eigenvalue weighted by atomic mass is 9.91. The first-order valence-corrected chi connectivity index (χ1v) is 9.34. The highest BCUT2D eigenvalue weighted by Crippen LogP contribution is 2.32. The Hall–Kier alpha value is -2.09. The SMILES string of the molecule is CC(C)(C)OC(=O)/C=C/c1c(CC2CCCC2)ccc2ccccc12. The highest BCUT2D eigenvalue weighted by atomic mass is 16.6. The number of rotatable bonds is 4. The fourth-order valence-electron chi connectivity index (χ4n) is 3.73. The quantitative estimate of drug-likeness (QED) is 0.511. The van der Waals surface area contributed by atoms with Crippen LogP contribution in [0.25, 0.3) is 16.8 Å². The second-order valence-corrected chi connectivity index (χ2v) is 8.08. The standard InChI is InChI=1S/C23H28O2/c1-23(2,3)25-22(24)15-14-21-19(16-17-8-4-5-9-17)13-12-18-10-6-7-11-20(18)21/h6-7,10-15,17H,4-5,8-9,16H2,1-3H3/b15-14+. The largest absolute Gasteiger partial charge is 0.457 e. The van der Waals surface area contributed by atoms with Crippen molar-refractivity contribution in [2.24, 2.45) is 5.92 Å². The van der Waals surface area contributed by atoms with E-state index in [1.165, 1.54) is 42.0 Å². The molecule has 2 nitrogen and oxygen atoms in total. The second-order valence-electron chi connectivity index (χ2n) is 8.08. The Labute approximate surface area is 150 Å². The van der Waals surface area contributed by atoms with Crippen LogP contribution in [0.2, 0.25) is 0 Å². The van der Waals surface area contributed by atoms with Gasteiger partial charge in [-0.3, -0.25) is 0 Å². The molecular formula is C23H28O2. The topological polar surface area (TPSA) is 26.3 Å². The van der Waals surface area contributed by atoms with Crippen LogP contribution >= 0.6 is 0 Å². The molecule has 1 aliphatic carbocycles. The predicted octanol–water partition coefficient (Wildman–Crippen LogP) is 5.93. The summed E-state index contributed by atoms with van der Waals surface area (Å²) < 4.78 is 5.42. The molecule has 0 bridgehead atoms. The third kappa shape index (κ3) is 4.72. The Morgan fingerprint density at radius 2 is 1.84 bits per heavy atom. The van der Waals surface area contributed by atoms with Gasteiger partial charge >= 0.3 is 5.97 Å². The van der Waals surface area contributed by atoms with Gasteiger partial charge in [0.05, 0.1) is 0 Å². The van der Waals surface area contributed by atoms with Crippen LogP contribution < -0.4 is 0 Å². The molecule has 2 heteroatoms. The number of esters is 1. The molecule has 1 saturated carbocycles. The Balaban J connectivity index is 1.93. The van der Waals surface area contributed by atoms with E-state index >= 15 is 0 Å². The van der Waals surface area contributed by atoms with E-state index in [0.717, 1.165) is 17.9 Å². The summed E-state index contributed by atoms with van der Waals surface area (Å²) in [4.78, 5) is 12.1. The molecule has 0 saturated heterocycles. The van der Waals surface area contributed by atoms with Gasteiger partial charge in [-0.15, -0.1) is 0 Å². The van der Waals surface area contributed by atoms with Crippen molar-refractivity contribution in [1.82, 2.24) is 0 Å². The molecule has 2 aromatic carbocycles. The molecule has 0 atom stereocenters. The Bertz CT molecular complexity index is 774. The molecule has 3 rings (SSSR count). The zero-order valence-electron chi connectivity index (χ0n) is 15.5. The number of carbonyl (C=O) groups excluding carboxylic acids is 1. The van der Waals surface area contributed by atoms with Gasteiger partial charge in [0.2, 0.25) is 0 Å². The van der Waals surface area contributed by atoms with E-state index in [0.29, 0.717) is 0 Å². The van der Waals surface area contributed by atoms with Crippen LogP contribution in [-0.4, -0.2) is 11.6 Å². The van der Waals surface area contributed by atoms with Gasteiger partial charge in [-0.1, -0.05) is 62.1 Å². The van der Waals surface area contributed by atoms with Gasteiger partial charge in [0.15, 0.2) is 0 Å². The summed E-state index contributed by atoms with van der Waals surface area (Å²) >= 11 is 0. The van der Waals surface area contributed by atoms with Gasteiger partial charge in [-0.05, 0) is 61.1 Å². The van der Waals surface area contributed by atoms with Crippen LogP contribution in [0.4, 0.5) is 0 Å². The van der Waals surface area contributed by atoms with E-state index in [1.54, 1.807) is 6.08 Å². The van der Waals surface area contributed by atoms with Gasteiger partial charge < -0.3 is 4.74 Å². The highest BCUT2D eigenvalue weighted by Gasteiger charge is 2.18. The number of hydrogen-bond donors (Lipinski definition) is 0. The first-order valence-electron chi connectivity index (χ1n) is 9.34. The molecule has 0 N–H and O–H groups in total. The highest BCUT2D eigenvalue weighted by molar-refractivity contribution is 5.96. The molecule has 25 heavy (non-hydrogen) atoms. The first kappa shape index (κ1) is 17.7. The van der Waals surface area contributed by atoms with E-state index in [2.05, 4.69) is 36.4 Å². The monoisotopic (exact) mass is 336 g/mol. The fraction of sp³-hybridized carbons (Fsp3) is 0.435. The third-order valence-corrected chi connectivity index (χ3v) is 4.84. The Kier molecular flexibility index (Phi) is 5.27. The lowest BCUT2D eigenvalue weighted by molar-refractivity contribution is -0.148. The minimum absolute atomic E-state index is 0.285. The van der Waals surface area contributed by atoms with Crippen molar-refractivity contribution in [3.05, 3.63) is 53.6 Å². The molecular weight excluding hydrogens is 308 g/mol. The van der Waals surface area contributed by atoms with Crippen LogP contribution in [-0.2, 0) is 16.0 Å². The first-order chi connectivity index (χ1) is 11.9. The molecule has 0 radical (unpaired) electrons. The van der Waals surface area contributed by atoms with Crippen LogP contribution in [0, 0.1) is 5.92 Å². The van der Waals surface area contributed by atoms with Crippen LogP contribution in [0.15, 0.2) is 42.5 Å². The maximum absolute atomic E-state index is 12.1. The number of hydrogen-bond acceptors (Lipinski definition) is 2. The van der Waals surface area contributed by atoms with Gasteiger partial charge in [-0.25, -0.2) is 4.79 Å². The summed E-state index contributed by atoms with van der Waals surface area (Å²) in [5, 5.41) is 2.42.